The minimum Gasteiger partial charge on any atom is -0.309 e. The lowest BCUT2D eigenvalue weighted by atomic mass is 10.00. The molecule has 0 atom stereocenters. The molecule has 1 nitrogen and oxygen atoms in total. The molecule has 0 spiro atoms. The number of fused-ring (bicyclic) bond motifs is 6. The Hall–Kier alpha value is -3.58. The molecule has 1 heterocycles. The van der Waals surface area contributed by atoms with E-state index < -0.39 is 0 Å². The number of rotatable bonds is 1. The summed E-state index contributed by atoms with van der Waals surface area (Å²) in [6.45, 7) is 0. The average molecular weight is 343 g/mol. The maximum atomic E-state index is 2.42. The predicted octanol–water partition coefficient (Wildman–Crippen LogP) is 7.09. The molecular formula is C26H17N. The summed E-state index contributed by atoms with van der Waals surface area (Å²) in [5, 5.41) is 7.75. The van der Waals surface area contributed by atoms with Gasteiger partial charge in [-0.1, -0.05) is 84.9 Å². The van der Waals surface area contributed by atoms with Gasteiger partial charge in [-0.25, -0.2) is 0 Å². The third-order valence-corrected chi connectivity index (χ3v) is 5.57. The normalized spacial score (nSPS) is 11.7. The maximum Gasteiger partial charge on any atom is 0.0546 e. The zero-order valence-corrected chi connectivity index (χ0v) is 14.8. The van der Waals surface area contributed by atoms with E-state index in [0.29, 0.717) is 0 Å². The molecular weight excluding hydrogens is 326 g/mol. The van der Waals surface area contributed by atoms with Crippen molar-refractivity contribution in [3.63, 3.8) is 0 Å². The molecule has 0 unspecified atom stereocenters. The molecule has 1 aromatic heterocycles. The van der Waals surface area contributed by atoms with Gasteiger partial charge in [-0.05, 0) is 34.4 Å². The first kappa shape index (κ1) is 14.6. The van der Waals surface area contributed by atoms with E-state index in [1.54, 1.807) is 0 Å². The minimum atomic E-state index is 1.24. The van der Waals surface area contributed by atoms with E-state index >= 15 is 0 Å². The van der Waals surface area contributed by atoms with Crippen molar-refractivity contribution in [2.75, 3.05) is 0 Å². The number of nitrogens with zero attached hydrogens (tertiary/aromatic N) is 1. The Balaban J connectivity index is 1.88. The summed E-state index contributed by atoms with van der Waals surface area (Å²) in [7, 11) is 0. The highest BCUT2D eigenvalue weighted by atomic mass is 15.0. The first-order valence-corrected chi connectivity index (χ1v) is 9.31. The highest BCUT2D eigenvalue weighted by molar-refractivity contribution is 6.15. The highest BCUT2D eigenvalue weighted by Crippen LogP contribution is 2.37. The highest BCUT2D eigenvalue weighted by Gasteiger charge is 2.14. The lowest BCUT2D eigenvalue weighted by Gasteiger charge is -2.14. The summed E-state index contributed by atoms with van der Waals surface area (Å²) < 4.78 is 2.42. The van der Waals surface area contributed by atoms with Gasteiger partial charge in [-0.3, -0.25) is 0 Å². The molecule has 0 fully saturated rings. The SMILES string of the molecule is c1ccc2c(c1)cc(-n1c3ccccc3c3ccccc31)c1ccccc12. The molecule has 6 aromatic rings. The van der Waals surface area contributed by atoms with Crippen molar-refractivity contribution in [2.24, 2.45) is 0 Å². The second-order valence-corrected chi connectivity index (χ2v) is 7.03. The number of aromatic nitrogens is 1. The van der Waals surface area contributed by atoms with Gasteiger partial charge in [-0.2, -0.15) is 0 Å². The van der Waals surface area contributed by atoms with Crippen LogP contribution < -0.4 is 0 Å². The standard InChI is InChI=1S/C26H17N/c1-2-10-19-18(9-1)17-26(21-12-4-3-11-20(19)21)27-24-15-7-5-13-22(24)23-14-6-8-16-25(23)27/h1-17H. The van der Waals surface area contributed by atoms with Crippen LogP contribution in [0.4, 0.5) is 0 Å². The number of para-hydroxylation sites is 2. The van der Waals surface area contributed by atoms with Crippen LogP contribution in [0.2, 0.25) is 0 Å². The van der Waals surface area contributed by atoms with Crippen molar-refractivity contribution in [1.29, 1.82) is 0 Å². The van der Waals surface area contributed by atoms with Gasteiger partial charge >= 0.3 is 0 Å². The van der Waals surface area contributed by atoms with E-state index in [1.807, 2.05) is 0 Å². The van der Waals surface area contributed by atoms with Crippen molar-refractivity contribution in [3.8, 4) is 5.69 Å². The Morgan fingerprint density at radius 3 is 1.56 bits per heavy atom. The fourth-order valence-electron chi connectivity index (χ4n) is 4.40. The second-order valence-electron chi connectivity index (χ2n) is 7.03. The van der Waals surface area contributed by atoms with Crippen LogP contribution in [0.15, 0.2) is 103 Å². The summed E-state index contributed by atoms with van der Waals surface area (Å²) in [6, 6.07) is 37.1. The number of benzene rings is 5. The van der Waals surface area contributed by atoms with Crippen LogP contribution in [0.1, 0.15) is 0 Å². The van der Waals surface area contributed by atoms with Crippen LogP contribution >= 0.6 is 0 Å². The molecule has 0 bridgehead atoms. The van der Waals surface area contributed by atoms with E-state index in [9.17, 15) is 0 Å². The van der Waals surface area contributed by atoms with E-state index in [0.717, 1.165) is 0 Å². The molecule has 0 saturated carbocycles. The molecule has 0 amide bonds. The van der Waals surface area contributed by atoms with Crippen LogP contribution in [0.25, 0.3) is 49.0 Å². The van der Waals surface area contributed by atoms with Crippen LogP contribution in [-0.4, -0.2) is 4.57 Å². The first-order chi connectivity index (χ1) is 13.4. The summed E-state index contributed by atoms with van der Waals surface area (Å²) >= 11 is 0. The molecule has 27 heavy (non-hydrogen) atoms. The van der Waals surface area contributed by atoms with Gasteiger partial charge in [0.1, 0.15) is 0 Å². The monoisotopic (exact) mass is 343 g/mol. The molecule has 126 valence electrons. The fourth-order valence-corrected chi connectivity index (χ4v) is 4.40. The van der Waals surface area contributed by atoms with Gasteiger partial charge in [0.25, 0.3) is 0 Å². The molecule has 0 aliphatic rings. The molecule has 1 heteroatoms. The van der Waals surface area contributed by atoms with Crippen molar-refractivity contribution in [3.05, 3.63) is 103 Å². The lowest BCUT2D eigenvalue weighted by molar-refractivity contribution is 1.20. The molecule has 0 aliphatic carbocycles. The van der Waals surface area contributed by atoms with Gasteiger partial charge < -0.3 is 4.57 Å². The summed E-state index contributed by atoms with van der Waals surface area (Å²) in [4.78, 5) is 0. The zero-order valence-electron chi connectivity index (χ0n) is 14.8. The fraction of sp³-hybridized carbons (Fsp3) is 0. The van der Waals surface area contributed by atoms with E-state index in [2.05, 4.69) is 108 Å². The predicted molar refractivity (Wildman–Crippen MR) is 116 cm³/mol. The Labute approximate surface area is 157 Å². The molecule has 0 radical (unpaired) electrons. The smallest absolute Gasteiger partial charge is 0.0546 e. The Morgan fingerprint density at radius 2 is 0.889 bits per heavy atom. The maximum absolute atomic E-state index is 2.42. The molecule has 6 rings (SSSR count). The summed E-state index contributed by atoms with van der Waals surface area (Å²) in [5.74, 6) is 0. The van der Waals surface area contributed by atoms with Crippen molar-refractivity contribution in [2.45, 2.75) is 0 Å². The average Bonchev–Trinajstić information content (AvgIpc) is 3.08. The lowest BCUT2D eigenvalue weighted by Crippen LogP contribution is -1.96. The van der Waals surface area contributed by atoms with E-state index in [1.165, 1.54) is 49.0 Å². The largest absolute Gasteiger partial charge is 0.309 e. The van der Waals surface area contributed by atoms with Crippen LogP contribution in [0.3, 0.4) is 0 Å². The van der Waals surface area contributed by atoms with E-state index in [4.69, 9.17) is 0 Å². The quantitative estimate of drug-likeness (QED) is 0.281. The zero-order chi connectivity index (χ0) is 17.8. The summed E-state index contributed by atoms with van der Waals surface area (Å²) in [6.07, 6.45) is 0. The topological polar surface area (TPSA) is 4.93 Å². The minimum absolute atomic E-state index is 1.24. The third-order valence-electron chi connectivity index (χ3n) is 5.57. The van der Waals surface area contributed by atoms with Crippen LogP contribution in [0.5, 0.6) is 0 Å². The first-order valence-electron chi connectivity index (χ1n) is 9.31. The summed E-state index contributed by atoms with van der Waals surface area (Å²) in [5.41, 5.74) is 3.74. The molecule has 5 aromatic carbocycles. The molecule has 0 aliphatic heterocycles. The van der Waals surface area contributed by atoms with Gasteiger partial charge in [-0.15, -0.1) is 0 Å². The van der Waals surface area contributed by atoms with Crippen molar-refractivity contribution >= 4 is 43.4 Å². The Bertz CT molecular complexity index is 1420. The number of hydrogen-bond acceptors (Lipinski definition) is 0. The van der Waals surface area contributed by atoms with E-state index in [-0.39, 0.29) is 0 Å². The van der Waals surface area contributed by atoms with Gasteiger partial charge in [0, 0.05) is 16.2 Å². The van der Waals surface area contributed by atoms with Gasteiger partial charge in [0.05, 0.1) is 16.7 Å². The van der Waals surface area contributed by atoms with Gasteiger partial charge in [0.2, 0.25) is 0 Å². The van der Waals surface area contributed by atoms with Crippen molar-refractivity contribution < 1.29 is 0 Å². The number of hydrogen-bond donors (Lipinski definition) is 0. The molecule has 0 N–H and O–H groups in total. The van der Waals surface area contributed by atoms with Crippen LogP contribution in [-0.2, 0) is 0 Å². The molecule has 0 saturated heterocycles. The van der Waals surface area contributed by atoms with Crippen LogP contribution in [0, 0.1) is 0 Å². The Kier molecular flexibility index (Phi) is 2.95. The third kappa shape index (κ3) is 2.00. The van der Waals surface area contributed by atoms with Crippen molar-refractivity contribution in [1.82, 2.24) is 4.57 Å². The van der Waals surface area contributed by atoms with Gasteiger partial charge in [0.15, 0.2) is 0 Å². The Morgan fingerprint density at radius 1 is 0.407 bits per heavy atom. The second kappa shape index (κ2) is 5.46.